The highest BCUT2D eigenvalue weighted by molar-refractivity contribution is 8.93. The van der Waals surface area contributed by atoms with Crippen molar-refractivity contribution in [1.82, 2.24) is 9.55 Å². The van der Waals surface area contributed by atoms with Crippen molar-refractivity contribution in [3.8, 4) is 0 Å². The number of hydrogen-bond donors (Lipinski definition) is 0. The van der Waals surface area contributed by atoms with Crippen molar-refractivity contribution in [3.05, 3.63) is 18.2 Å². The molecule has 0 saturated heterocycles. The molecule has 0 aliphatic carbocycles. The predicted molar refractivity (Wildman–Crippen MR) is 42.9 cm³/mol. The van der Waals surface area contributed by atoms with E-state index in [0.29, 0.717) is 0 Å². The van der Waals surface area contributed by atoms with Crippen LogP contribution in [0.15, 0.2) is 12.4 Å². The van der Waals surface area contributed by atoms with Crippen molar-refractivity contribution in [2.24, 2.45) is 7.05 Å². The Morgan fingerprint density at radius 2 is 2.33 bits per heavy atom. The summed E-state index contributed by atoms with van der Waals surface area (Å²) in [7, 11) is 2.01. The van der Waals surface area contributed by atoms with Crippen LogP contribution in [0.5, 0.6) is 0 Å². The van der Waals surface area contributed by atoms with Gasteiger partial charge in [0.2, 0.25) is 0 Å². The number of aryl methyl sites for hydroxylation is 2. The topological polar surface area (TPSA) is 17.8 Å². The maximum atomic E-state index is 4.10. The van der Waals surface area contributed by atoms with Gasteiger partial charge in [0.25, 0.3) is 0 Å². The number of hydrogen-bond acceptors (Lipinski definition) is 1. The zero-order valence-electron chi connectivity index (χ0n) is 5.66. The Labute approximate surface area is 65.7 Å². The predicted octanol–water partition coefficient (Wildman–Crippen LogP) is 1.56. The zero-order valence-corrected chi connectivity index (χ0v) is 7.38. The quantitative estimate of drug-likeness (QED) is 0.658. The molecule has 0 atom stereocenters. The minimum Gasteiger partial charge on any atom is -0.338 e. The van der Waals surface area contributed by atoms with E-state index in [1.807, 2.05) is 24.0 Å². The van der Waals surface area contributed by atoms with E-state index < -0.39 is 0 Å². The average Bonchev–Trinajstić information content (AvgIpc) is 2.14. The van der Waals surface area contributed by atoms with Crippen LogP contribution < -0.4 is 0 Å². The van der Waals surface area contributed by atoms with Gasteiger partial charge in [0.1, 0.15) is 5.82 Å². The second-order valence-electron chi connectivity index (χ2n) is 1.81. The summed E-state index contributed by atoms with van der Waals surface area (Å²) in [6.07, 6.45) is 4.79. The first kappa shape index (κ1) is 8.69. The monoisotopic (exact) mass is 190 g/mol. The van der Waals surface area contributed by atoms with Crippen LogP contribution in [0.1, 0.15) is 12.7 Å². The van der Waals surface area contributed by atoms with Crippen LogP contribution in [0.25, 0.3) is 0 Å². The summed E-state index contributed by atoms with van der Waals surface area (Å²) >= 11 is 0. The van der Waals surface area contributed by atoms with Crippen LogP contribution >= 0.6 is 17.0 Å². The van der Waals surface area contributed by atoms with Gasteiger partial charge in [0.15, 0.2) is 0 Å². The van der Waals surface area contributed by atoms with Gasteiger partial charge in [-0.05, 0) is 0 Å². The molecule has 1 heterocycles. The van der Waals surface area contributed by atoms with Crippen molar-refractivity contribution >= 4 is 17.0 Å². The zero-order chi connectivity index (χ0) is 5.98. The lowest BCUT2D eigenvalue weighted by molar-refractivity contribution is 0.808. The molecular formula is C6H11BrN2. The molecule has 3 heteroatoms. The standard InChI is InChI=1S/C6H10N2.BrH/c1-3-6-7-4-5-8(6)2;/h4-5H,3H2,1-2H3;1H. The highest BCUT2D eigenvalue weighted by atomic mass is 79.9. The largest absolute Gasteiger partial charge is 0.338 e. The Balaban J connectivity index is 0.000000640. The molecule has 0 aliphatic heterocycles. The molecule has 9 heavy (non-hydrogen) atoms. The third kappa shape index (κ3) is 1.82. The second-order valence-corrected chi connectivity index (χ2v) is 1.81. The van der Waals surface area contributed by atoms with Crippen LogP contribution in [-0.4, -0.2) is 9.55 Å². The van der Waals surface area contributed by atoms with Crippen LogP contribution in [0.2, 0.25) is 0 Å². The van der Waals surface area contributed by atoms with Gasteiger partial charge in [-0.15, -0.1) is 17.0 Å². The minimum absolute atomic E-state index is 0. The fraction of sp³-hybridized carbons (Fsp3) is 0.500. The Hall–Kier alpha value is -0.310. The highest BCUT2D eigenvalue weighted by Gasteiger charge is 1.90. The molecule has 0 saturated carbocycles. The Morgan fingerprint density at radius 1 is 1.67 bits per heavy atom. The summed E-state index contributed by atoms with van der Waals surface area (Å²) in [4.78, 5) is 4.10. The van der Waals surface area contributed by atoms with Crippen molar-refractivity contribution < 1.29 is 0 Å². The first-order valence-electron chi connectivity index (χ1n) is 2.80. The van der Waals surface area contributed by atoms with Crippen LogP contribution in [-0.2, 0) is 13.5 Å². The first-order chi connectivity index (χ1) is 3.84. The van der Waals surface area contributed by atoms with Crippen molar-refractivity contribution in [3.63, 3.8) is 0 Å². The normalized spacial score (nSPS) is 8.67. The van der Waals surface area contributed by atoms with E-state index in [2.05, 4.69) is 11.9 Å². The third-order valence-corrected chi connectivity index (χ3v) is 1.24. The van der Waals surface area contributed by atoms with E-state index in [1.54, 1.807) is 0 Å². The molecule has 0 aliphatic rings. The Morgan fingerprint density at radius 3 is 2.56 bits per heavy atom. The van der Waals surface area contributed by atoms with Crippen molar-refractivity contribution in [2.45, 2.75) is 13.3 Å². The molecule has 0 amide bonds. The summed E-state index contributed by atoms with van der Waals surface area (Å²) in [6.45, 7) is 2.10. The third-order valence-electron chi connectivity index (χ3n) is 1.24. The number of rotatable bonds is 1. The average molecular weight is 191 g/mol. The van der Waals surface area contributed by atoms with Crippen LogP contribution in [0, 0.1) is 0 Å². The summed E-state index contributed by atoms with van der Waals surface area (Å²) < 4.78 is 2.03. The lowest BCUT2D eigenvalue weighted by atomic mass is 10.5. The van der Waals surface area contributed by atoms with Gasteiger partial charge in [0.05, 0.1) is 0 Å². The summed E-state index contributed by atoms with van der Waals surface area (Å²) in [5.41, 5.74) is 0. The van der Waals surface area contributed by atoms with Gasteiger partial charge >= 0.3 is 0 Å². The van der Waals surface area contributed by atoms with Crippen LogP contribution in [0.4, 0.5) is 0 Å². The molecule has 52 valence electrons. The summed E-state index contributed by atoms with van der Waals surface area (Å²) in [6, 6.07) is 0. The van der Waals surface area contributed by atoms with E-state index in [9.17, 15) is 0 Å². The maximum absolute atomic E-state index is 4.10. The molecule has 2 nitrogen and oxygen atoms in total. The Bertz CT molecular complexity index is 171. The molecule has 1 rings (SSSR count). The molecule has 0 fully saturated rings. The molecule has 0 N–H and O–H groups in total. The second kappa shape index (κ2) is 3.67. The first-order valence-corrected chi connectivity index (χ1v) is 2.80. The van der Waals surface area contributed by atoms with Gasteiger partial charge in [-0.2, -0.15) is 0 Å². The molecule has 0 bridgehead atoms. The number of halogens is 1. The molecule has 0 unspecified atom stereocenters. The number of aromatic nitrogens is 2. The van der Waals surface area contributed by atoms with E-state index in [1.165, 1.54) is 0 Å². The van der Waals surface area contributed by atoms with Gasteiger partial charge in [-0.25, -0.2) is 4.98 Å². The van der Waals surface area contributed by atoms with Crippen molar-refractivity contribution in [2.75, 3.05) is 0 Å². The fourth-order valence-corrected chi connectivity index (χ4v) is 0.737. The van der Waals surface area contributed by atoms with Crippen LogP contribution in [0.3, 0.4) is 0 Å². The number of imidazole rings is 1. The van der Waals surface area contributed by atoms with E-state index in [0.717, 1.165) is 12.2 Å². The van der Waals surface area contributed by atoms with Gasteiger partial charge in [-0.1, -0.05) is 6.92 Å². The van der Waals surface area contributed by atoms with E-state index in [4.69, 9.17) is 0 Å². The van der Waals surface area contributed by atoms with Gasteiger partial charge < -0.3 is 4.57 Å². The SMILES string of the molecule is Br.CCc1nccn1C. The molecular weight excluding hydrogens is 180 g/mol. The molecule has 1 aromatic heterocycles. The molecule has 0 spiro atoms. The smallest absolute Gasteiger partial charge is 0.108 e. The van der Waals surface area contributed by atoms with E-state index in [-0.39, 0.29) is 17.0 Å². The molecule has 0 aromatic carbocycles. The summed E-state index contributed by atoms with van der Waals surface area (Å²) in [5.74, 6) is 1.14. The number of nitrogens with zero attached hydrogens (tertiary/aromatic N) is 2. The molecule has 1 aromatic rings. The minimum atomic E-state index is 0. The Kier molecular flexibility index (Phi) is 3.54. The lowest BCUT2D eigenvalue weighted by Crippen LogP contribution is -1.92. The van der Waals surface area contributed by atoms with E-state index >= 15 is 0 Å². The fourth-order valence-electron chi connectivity index (χ4n) is 0.737. The van der Waals surface area contributed by atoms with Gasteiger partial charge in [0, 0.05) is 25.9 Å². The molecule has 0 radical (unpaired) electrons. The summed E-state index contributed by atoms with van der Waals surface area (Å²) in [5, 5.41) is 0. The highest BCUT2D eigenvalue weighted by Crippen LogP contribution is 1.92. The lowest BCUT2D eigenvalue weighted by Gasteiger charge is -1.92. The van der Waals surface area contributed by atoms with Gasteiger partial charge in [-0.3, -0.25) is 0 Å². The maximum Gasteiger partial charge on any atom is 0.108 e. The van der Waals surface area contributed by atoms with Crippen molar-refractivity contribution in [1.29, 1.82) is 0 Å².